The maximum atomic E-state index is 13.7. The van der Waals surface area contributed by atoms with Crippen molar-refractivity contribution in [1.82, 2.24) is 4.90 Å². The Hall–Kier alpha value is -2.53. The van der Waals surface area contributed by atoms with E-state index in [0.29, 0.717) is 18.8 Å². The molecule has 0 bridgehead atoms. The summed E-state index contributed by atoms with van der Waals surface area (Å²) < 4.78 is 5.86. The first-order valence-corrected chi connectivity index (χ1v) is 10.5. The number of rotatable bonds is 8. The van der Waals surface area contributed by atoms with Crippen LogP contribution in [0.4, 0.5) is 11.4 Å². The monoisotopic (exact) mass is 395 g/mol. The van der Waals surface area contributed by atoms with Crippen molar-refractivity contribution in [2.45, 2.75) is 44.8 Å². The van der Waals surface area contributed by atoms with E-state index in [1.165, 1.54) is 0 Å². The number of nitrogens with two attached hydrogens (primary N) is 1. The van der Waals surface area contributed by atoms with Crippen LogP contribution in [0, 0.1) is 0 Å². The van der Waals surface area contributed by atoms with Gasteiger partial charge in [0.05, 0.1) is 12.0 Å². The van der Waals surface area contributed by atoms with E-state index >= 15 is 0 Å². The smallest absolute Gasteiger partial charge is 0.230 e. The number of nitrogen functional groups attached to an aromatic ring is 1. The summed E-state index contributed by atoms with van der Waals surface area (Å²) in [4.78, 5) is 17.7. The van der Waals surface area contributed by atoms with Crippen LogP contribution in [-0.4, -0.2) is 44.2 Å². The summed E-state index contributed by atoms with van der Waals surface area (Å²) in [6.45, 7) is 4.00. The van der Waals surface area contributed by atoms with Crippen molar-refractivity contribution in [2.75, 3.05) is 37.9 Å². The lowest BCUT2D eigenvalue weighted by molar-refractivity contribution is -0.135. The zero-order valence-electron chi connectivity index (χ0n) is 17.8. The lowest BCUT2D eigenvalue weighted by Gasteiger charge is -2.31. The molecule has 1 aliphatic rings. The Morgan fingerprint density at radius 3 is 2.59 bits per heavy atom. The molecule has 0 unspecified atom stereocenters. The molecule has 1 amide bonds. The Kier molecular flexibility index (Phi) is 7.15. The Morgan fingerprint density at radius 1 is 1.21 bits per heavy atom. The Balaban J connectivity index is 1.90. The summed E-state index contributed by atoms with van der Waals surface area (Å²) in [5, 5.41) is 0. The zero-order chi connectivity index (χ0) is 20.8. The Morgan fingerprint density at radius 2 is 1.97 bits per heavy atom. The van der Waals surface area contributed by atoms with Crippen molar-refractivity contribution in [3.8, 4) is 0 Å². The minimum atomic E-state index is -0.151. The van der Waals surface area contributed by atoms with E-state index in [4.69, 9.17) is 10.5 Å². The second kappa shape index (κ2) is 9.79. The number of hydrogen-bond donors (Lipinski definition) is 1. The van der Waals surface area contributed by atoms with Gasteiger partial charge in [0.25, 0.3) is 0 Å². The number of carbonyl (C=O) groups excluding carboxylic acids is 1. The normalized spacial score (nSPS) is 17.1. The lowest BCUT2D eigenvalue weighted by atomic mass is 9.94. The van der Waals surface area contributed by atoms with Crippen molar-refractivity contribution in [3.63, 3.8) is 0 Å². The van der Waals surface area contributed by atoms with Crippen molar-refractivity contribution in [3.05, 3.63) is 59.7 Å². The number of anilines is 2. The molecule has 2 aromatic rings. The van der Waals surface area contributed by atoms with Gasteiger partial charge < -0.3 is 20.3 Å². The first-order chi connectivity index (χ1) is 14.0. The van der Waals surface area contributed by atoms with Crippen LogP contribution in [0.2, 0.25) is 0 Å². The van der Waals surface area contributed by atoms with Gasteiger partial charge in [0.1, 0.15) is 0 Å². The van der Waals surface area contributed by atoms with Gasteiger partial charge in [0, 0.05) is 45.2 Å². The van der Waals surface area contributed by atoms with Crippen LogP contribution in [-0.2, 0) is 16.1 Å². The molecule has 3 rings (SSSR count). The molecule has 2 N–H and O–H groups in total. The predicted octanol–water partition coefficient (Wildman–Crippen LogP) is 4.04. The summed E-state index contributed by atoms with van der Waals surface area (Å²) in [7, 11) is 4.03. The fourth-order valence-corrected chi connectivity index (χ4v) is 4.10. The molecule has 0 spiro atoms. The number of hydrogen-bond acceptors (Lipinski definition) is 4. The van der Waals surface area contributed by atoms with E-state index in [9.17, 15) is 4.79 Å². The van der Waals surface area contributed by atoms with Gasteiger partial charge in [-0.3, -0.25) is 4.79 Å². The molecule has 2 aromatic carbocycles. The van der Waals surface area contributed by atoms with Gasteiger partial charge in [0.2, 0.25) is 5.91 Å². The van der Waals surface area contributed by atoms with Gasteiger partial charge in [-0.2, -0.15) is 0 Å². The van der Waals surface area contributed by atoms with E-state index in [2.05, 4.69) is 11.8 Å². The highest BCUT2D eigenvalue weighted by Gasteiger charge is 2.29. The molecular weight excluding hydrogens is 362 g/mol. The van der Waals surface area contributed by atoms with Gasteiger partial charge in [-0.1, -0.05) is 37.3 Å². The van der Waals surface area contributed by atoms with Gasteiger partial charge in [-0.05, 0) is 48.6 Å². The predicted molar refractivity (Wildman–Crippen MR) is 119 cm³/mol. The van der Waals surface area contributed by atoms with Crippen LogP contribution in [0.1, 0.15) is 43.2 Å². The summed E-state index contributed by atoms with van der Waals surface area (Å²) in [6.07, 6.45) is 2.94. The fraction of sp³-hybridized carbons (Fsp3) is 0.458. The van der Waals surface area contributed by atoms with Gasteiger partial charge in [0.15, 0.2) is 0 Å². The third-order valence-electron chi connectivity index (χ3n) is 5.61. The molecular formula is C24H33N3O2. The molecule has 5 nitrogen and oxygen atoms in total. The third kappa shape index (κ3) is 5.30. The average molecular weight is 396 g/mol. The molecule has 1 fully saturated rings. The van der Waals surface area contributed by atoms with Gasteiger partial charge >= 0.3 is 0 Å². The Labute approximate surface area is 174 Å². The van der Waals surface area contributed by atoms with E-state index in [-0.39, 0.29) is 17.9 Å². The van der Waals surface area contributed by atoms with Crippen molar-refractivity contribution in [2.24, 2.45) is 0 Å². The molecule has 1 saturated heterocycles. The van der Waals surface area contributed by atoms with E-state index < -0.39 is 0 Å². The van der Waals surface area contributed by atoms with Crippen molar-refractivity contribution < 1.29 is 9.53 Å². The quantitative estimate of drug-likeness (QED) is 0.686. The maximum absolute atomic E-state index is 13.7. The second-order valence-electron chi connectivity index (χ2n) is 8.01. The largest absolute Gasteiger partial charge is 0.399 e. The molecule has 29 heavy (non-hydrogen) atoms. The molecule has 0 saturated carbocycles. The highest BCUT2D eigenvalue weighted by atomic mass is 16.5. The first-order valence-electron chi connectivity index (χ1n) is 10.5. The molecule has 5 heteroatoms. The molecule has 0 aliphatic carbocycles. The SMILES string of the molecule is CC[C@@H](C(=O)N(Cc1cc(N)ccc1N(C)C)C[C@@H]1CCCO1)c1ccccc1. The summed E-state index contributed by atoms with van der Waals surface area (Å²) in [5.74, 6) is 0.00259. The maximum Gasteiger partial charge on any atom is 0.230 e. The van der Waals surface area contributed by atoms with Crippen molar-refractivity contribution >= 4 is 17.3 Å². The van der Waals surface area contributed by atoms with Gasteiger partial charge in [-0.15, -0.1) is 0 Å². The molecule has 1 heterocycles. The van der Waals surface area contributed by atoms with Crippen LogP contribution in [0.15, 0.2) is 48.5 Å². The van der Waals surface area contributed by atoms with E-state index in [0.717, 1.165) is 42.7 Å². The third-order valence-corrected chi connectivity index (χ3v) is 5.61. The summed E-state index contributed by atoms with van der Waals surface area (Å²) in [6, 6.07) is 16.0. The minimum absolute atomic E-state index is 0.107. The topological polar surface area (TPSA) is 58.8 Å². The van der Waals surface area contributed by atoms with Crippen LogP contribution < -0.4 is 10.6 Å². The van der Waals surface area contributed by atoms with Crippen LogP contribution in [0.3, 0.4) is 0 Å². The highest BCUT2D eigenvalue weighted by Crippen LogP contribution is 2.28. The molecule has 2 atom stereocenters. The molecule has 1 aliphatic heterocycles. The molecule has 156 valence electrons. The van der Waals surface area contributed by atoms with E-state index in [1.54, 1.807) is 0 Å². The standard InChI is InChI=1S/C24H33N3O2/c1-4-22(18-9-6-5-7-10-18)24(28)27(17-21-11-8-14-29-21)16-19-15-20(25)12-13-23(19)26(2)3/h5-7,9-10,12-13,15,21-22H,4,8,11,14,16-17,25H2,1-3H3/t21-,22+/m0/s1. The van der Waals surface area contributed by atoms with Crippen LogP contribution in [0.5, 0.6) is 0 Å². The summed E-state index contributed by atoms with van der Waals surface area (Å²) in [5.41, 5.74) is 9.99. The fourth-order valence-electron chi connectivity index (χ4n) is 4.10. The number of nitrogens with zero attached hydrogens (tertiary/aromatic N) is 2. The van der Waals surface area contributed by atoms with Crippen LogP contribution >= 0.6 is 0 Å². The lowest BCUT2D eigenvalue weighted by Crippen LogP contribution is -2.40. The first kappa shape index (κ1) is 21.2. The van der Waals surface area contributed by atoms with E-state index in [1.807, 2.05) is 67.5 Å². The number of amides is 1. The van der Waals surface area contributed by atoms with Gasteiger partial charge in [-0.25, -0.2) is 0 Å². The number of benzene rings is 2. The summed E-state index contributed by atoms with van der Waals surface area (Å²) >= 11 is 0. The number of ether oxygens (including phenoxy) is 1. The highest BCUT2D eigenvalue weighted by molar-refractivity contribution is 5.84. The van der Waals surface area contributed by atoms with Crippen LogP contribution in [0.25, 0.3) is 0 Å². The zero-order valence-corrected chi connectivity index (χ0v) is 17.8. The second-order valence-corrected chi connectivity index (χ2v) is 8.01. The average Bonchev–Trinajstić information content (AvgIpc) is 3.22. The molecule has 0 radical (unpaired) electrons. The van der Waals surface area contributed by atoms with Crippen molar-refractivity contribution in [1.29, 1.82) is 0 Å². The Bertz CT molecular complexity index is 801. The number of carbonyl (C=O) groups is 1. The molecule has 0 aromatic heterocycles. The minimum Gasteiger partial charge on any atom is -0.399 e.